The molecule has 0 spiro atoms. The molecule has 0 saturated carbocycles. The molecule has 0 aliphatic rings. The number of hydrogen-bond donors (Lipinski definition) is 2. The maximum absolute atomic E-state index is 12.2. The summed E-state index contributed by atoms with van der Waals surface area (Å²) in [6, 6.07) is 1.78. The predicted molar refractivity (Wildman–Crippen MR) is 44.6 cm³/mol. The first-order valence-corrected chi connectivity index (χ1v) is 3.69. The Morgan fingerprint density at radius 3 is 2.79 bits per heavy atom. The van der Waals surface area contributed by atoms with Crippen molar-refractivity contribution in [3.8, 4) is 11.8 Å². The average Bonchev–Trinajstić information content (AvgIpc) is 2.13. The third-order valence-corrected chi connectivity index (χ3v) is 1.68. The highest BCUT2D eigenvalue weighted by Gasteiger charge is 2.18. The van der Waals surface area contributed by atoms with Gasteiger partial charge >= 0.3 is 0 Å². The largest absolute Gasteiger partial charge is 0.504 e. The standard InChI is InChI=1S/C8H7F2N3O/c9-8(10)6-7(14)5(12)4(1-2-11)3-13-6/h3,8,14H,1H2,(H2,12,13). The Morgan fingerprint density at radius 1 is 1.64 bits per heavy atom. The van der Waals surface area contributed by atoms with E-state index < -0.39 is 17.9 Å². The maximum atomic E-state index is 12.2. The molecule has 1 aromatic heterocycles. The molecule has 0 saturated heterocycles. The Balaban J connectivity index is 3.20. The first kappa shape index (κ1) is 10.2. The van der Waals surface area contributed by atoms with Crippen molar-refractivity contribution in [1.82, 2.24) is 4.98 Å². The molecule has 0 radical (unpaired) electrons. The second kappa shape index (κ2) is 3.87. The predicted octanol–water partition coefficient (Wildman–Crippen LogP) is 1.37. The van der Waals surface area contributed by atoms with Crippen molar-refractivity contribution in [2.75, 3.05) is 5.73 Å². The SMILES string of the molecule is N#CCc1cnc(C(F)F)c(O)c1N. The third kappa shape index (κ3) is 1.71. The molecule has 1 rings (SSSR count). The molecule has 1 aromatic rings. The van der Waals surface area contributed by atoms with Crippen molar-refractivity contribution in [3.05, 3.63) is 17.5 Å². The van der Waals surface area contributed by atoms with Gasteiger partial charge in [-0.2, -0.15) is 5.26 Å². The highest BCUT2D eigenvalue weighted by Crippen LogP contribution is 2.32. The molecule has 0 amide bonds. The van der Waals surface area contributed by atoms with Crippen LogP contribution in [0.15, 0.2) is 6.20 Å². The van der Waals surface area contributed by atoms with Gasteiger partial charge in [-0.15, -0.1) is 0 Å². The Hall–Kier alpha value is -1.90. The molecule has 14 heavy (non-hydrogen) atoms. The van der Waals surface area contributed by atoms with Gasteiger partial charge < -0.3 is 10.8 Å². The van der Waals surface area contributed by atoms with Crippen LogP contribution < -0.4 is 5.73 Å². The fourth-order valence-electron chi connectivity index (χ4n) is 0.954. The summed E-state index contributed by atoms with van der Waals surface area (Å²) >= 11 is 0. The molecule has 4 nitrogen and oxygen atoms in total. The number of hydrogen-bond acceptors (Lipinski definition) is 4. The molecule has 0 aromatic carbocycles. The number of nitriles is 1. The van der Waals surface area contributed by atoms with Gasteiger partial charge in [-0.05, 0) is 0 Å². The molecule has 0 atom stereocenters. The quantitative estimate of drug-likeness (QED) is 0.753. The lowest BCUT2D eigenvalue weighted by atomic mass is 10.1. The van der Waals surface area contributed by atoms with Crippen LogP contribution in [-0.4, -0.2) is 10.1 Å². The summed E-state index contributed by atoms with van der Waals surface area (Å²) in [6.07, 6.45) is -1.89. The number of nitrogen functional groups attached to an aromatic ring is 1. The van der Waals surface area contributed by atoms with E-state index in [1.165, 1.54) is 0 Å². The van der Waals surface area contributed by atoms with Crippen LogP contribution in [0.25, 0.3) is 0 Å². The van der Waals surface area contributed by atoms with Crippen LogP contribution >= 0.6 is 0 Å². The van der Waals surface area contributed by atoms with Gasteiger partial charge in [0.1, 0.15) is 5.69 Å². The van der Waals surface area contributed by atoms with Crippen LogP contribution in [0, 0.1) is 11.3 Å². The fourth-order valence-corrected chi connectivity index (χ4v) is 0.954. The zero-order valence-electron chi connectivity index (χ0n) is 7.04. The number of nitrogens with zero attached hydrogens (tertiary/aromatic N) is 2. The summed E-state index contributed by atoms with van der Waals surface area (Å²) < 4.78 is 24.4. The summed E-state index contributed by atoms with van der Waals surface area (Å²) in [5, 5.41) is 17.5. The average molecular weight is 199 g/mol. The number of rotatable bonds is 2. The summed E-state index contributed by atoms with van der Waals surface area (Å²) in [4.78, 5) is 3.33. The zero-order valence-corrected chi connectivity index (χ0v) is 7.04. The monoisotopic (exact) mass is 199 g/mol. The van der Waals surface area contributed by atoms with E-state index in [1.807, 2.05) is 0 Å². The molecule has 0 aliphatic carbocycles. The Labute approximate surface area is 78.6 Å². The highest BCUT2D eigenvalue weighted by atomic mass is 19.3. The number of aromatic hydroxyl groups is 1. The van der Waals surface area contributed by atoms with Crippen molar-refractivity contribution < 1.29 is 13.9 Å². The van der Waals surface area contributed by atoms with Crippen molar-refractivity contribution in [3.63, 3.8) is 0 Å². The normalized spacial score (nSPS) is 10.1. The molecule has 0 fully saturated rings. The van der Waals surface area contributed by atoms with E-state index in [0.29, 0.717) is 0 Å². The lowest BCUT2D eigenvalue weighted by Crippen LogP contribution is -2.00. The lowest BCUT2D eigenvalue weighted by molar-refractivity contribution is 0.142. The van der Waals surface area contributed by atoms with Crippen LogP contribution in [0.2, 0.25) is 0 Å². The molecule has 74 valence electrons. The fraction of sp³-hybridized carbons (Fsp3) is 0.250. The zero-order chi connectivity index (χ0) is 10.7. The van der Waals surface area contributed by atoms with E-state index in [2.05, 4.69) is 4.98 Å². The molecular formula is C8H7F2N3O. The van der Waals surface area contributed by atoms with Crippen molar-refractivity contribution >= 4 is 5.69 Å². The first-order chi connectivity index (χ1) is 6.57. The minimum Gasteiger partial charge on any atom is -0.504 e. The highest BCUT2D eigenvalue weighted by molar-refractivity contribution is 5.59. The van der Waals surface area contributed by atoms with Crippen molar-refractivity contribution in [2.45, 2.75) is 12.8 Å². The van der Waals surface area contributed by atoms with Crippen molar-refractivity contribution in [1.29, 1.82) is 5.26 Å². The van der Waals surface area contributed by atoms with E-state index >= 15 is 0 Å². The maximum Gasteiger partial charge on any atom is 0.284 e. The van der Waals surface area contributed by atoms with E-state index in [1.54, 1.807) is 6.07 Å². The second-order valence-corrected chi connectivity index (χ2v) is 2.57. The van der Waals surface area contributed by atoms with Gasteiger partial charge in [0.2, 0.25) is 0 Å². The van der Waals surface area contributed by atoms with Crippen molar-refractivity contribution in [2.24, 2.45) is 0 Å². The van der Waals surface area contributed by atoms with E-state index in [9.17, 15) is 13.9 Å². The minimum atomic E-state index is -2.88. The van der Waals surface area contributed by atoms with Gasteiger partial charge in [-0.1, -0.05) is 0 Å². The van der Waals surface area contributed by atoms with Gasteiger partial charge in [-0.25, -0.2) is 8.78 Å². The summed E-state index contributed by atoms with van der Waals surface area (Å²) in [7, 11) is 0. The molecular weight excluding hydrogens is 192 g/mol. The third-order valence-electron chi connectivity index (χ3n) is 1.68. The number of pyridine rings is 1. The molecule has 1 heterocycles. The second-order valence-electron chi connectivity index (χ2n) is 2.57. The van der Waals surface area contributed by atoms with Crippen LogP contribution in [0.4, 0.5) is 14.5 Å². The van der Waals surface area contributed by atoms with E-state index in [0.717, 1.165) is 6.20 Å². The first-order valence-electron chi connectivity index (χ1n) is 3.69. The number of anilines is 1. The molecule has 0 aliphatic heterocycles. The van der Waals surface area contributed by atoms with Crippen LogP contribution in [-0.2, 0) is 6.42 Å². The molecule has 3 N–H and O–H groups in total. The number of halogens is 2. The van der Waals surface area contributed by atoms with Crippen LogP contribution in [0.1, 0.15) is 17.7 Å². The number of alkyl halides is 2. The molecule has 0 bridgehead atoms. The number of aromatic nitrogens is 1. The van der Waals surface area contributed by atoms with Crippen LogP contribution in [0.5, 0.6) is 5.75 Å². The molecule has 0 unspecified atom stereocenters. The Kier molecular flexibility index (Phi) is 2.82. The minimum absolute atomic E-state index is 0.0735. The van der Waals surface area contributed by atoms with Gasteiger partial charge in [0.25, 0.3) is 6.43 Å². The topological polar surface area (TPSA) is 82.9 Å². The van der Waals surface area contributed by atoms with Crippen LogP contribution in [0.3, 0.4) is 0 Å². The van der Waals surface area contributed by atoms with Gasteiger partial charge in [0.15, 0.2) is 5.75 Å². The summed E-state index contributed by atoms with van der Waals surface area (Å²) in [5.74, 6) is -0.743. The Morgan fingerprint density at radius 2 is 2.29 bits per heavy atom. The Bertz CT molecular complexity index is 387. The van der Waals surface area contributed by atoms with Gasteiger partial charge in [-0.3, -0.25) is 4.98 Å². The van der Waals surface area contributed by atoms with Gasteiger partial charge in [0.05, 0.1) is 18.2 Å². The lowest BCUT2D eigenvalue weighted by Gasteiger charge is -2.07. The smallest absolute Gasteiger partial charge is 0.284 e. The van der Waals surface area contributed by atoms with E-state index in [4.69, 9.17) is 11.0 Å². The summed E-state index contributed by atoms with van der Waals surface area (Å²) in [5.41, 5.74) is 4.61. The molecule has 6 heteroatoms. The summed E-state index contributed by atoms with van der Waals surface area (Å²) in [6.45, 7) is 0. The van der Waals surface area contributed by atoms with E-state index in [-0.39, 0.29) is 17.7 Å². The van der Waals surface area contributed by atoms with Gasteiger partial charge in [0, 0.05) is 11.8 Å². The number of nitrogens with two attached hydrogens (primary N) is 1.